The van der Waals surface area contributed by atoms with Crippen LogP contribution in [-0.4, -0.2) is 70.3 Å². The lowest BCUT2D eigenvalue weighted by Gasteiger charge is -2.45. The van der Waals surface area contributed by atoms with Crippen LogP contribution in [0.1, 0.15) is 28.7 Å². The number of phenolic OH excluding ortho intramolecular Hbond substituents is 1. The zero-order chi connectivity index (χ0) is 28.9. The van der Waals surface area contributed by atoms with E-state index in [2.05, 4.69) is 29.2 Å². The second-order valence-electron chi connectivity index (χ2n) is 9.97. The van der Waals surface area contributed by atoms with Gasteiger partial charge in [-0.15, -0.1) is 0 Å². The highest BCUT2D eigenvalue weighted by Crippen LogP contribution is 2.38. The van der Waals surface area contributed by atoms with Gasteiger partial charge in [0.2, 0.25) is 5.91 Å². The largest absolute Gasteiger partial charge is 0.508 e. The standard InChI is InChI=1S/C28H30N2O3.C2HF3O2/c1-21-16-22(12-13-26(21)31)17-29-15-14-25(18-29)30-20-28(33-19-27(30)32,23-8-4-2-5-9-23)24-10-6-3-7-11-24;3-2(4,5)1(6)7/h2-13,16,25,31H,14-15,17-20H2,1H3;(H,6,7). The lowest BCUT2D eigenvalue weighted by Crippen LogP contribution is -2.57. The van der Waals surface area contributed by atoms with Crippen molar-refractivity contribution in [3.8, 4) is 5.75 Å². The molecule has 40 heavy (non-hydrogen) atoms. The van der Waals surface area contributed by atoms with Gasteiger partial charge in [0.15, 0.2) is 0 Å². The predicted molar refractivity (Wildman–Crippen MR) is 142 cm³/mol. The second kappa shape index (κ2) is 12.1. The number of nitrogens with zero attached hydrogens (tertiary/aromatic N) is 2. The maximum atomic E-state index is 13.0. The molecule has 2 fully saturated rings. The van der Waals surface area contributed by atoms with Crippen LogP contribution in [0, 0.1) is 6.92 Å². The van der Waals surface area contributed by atoms with E-state index in [0.717, 1.165) is 42.7 Å². The van der Waals surface area contributed by atoms with Crippen molar-refractivity contribution in [2.75, 3.05) is 26.2 Å². The molecule has 2 heterocycles. The minimum absolute atomic E-state index is 0.0600. The Morgan fingerprint density at radius 3 is 2.12 bits per heavy atom. The number of hydrogen-bond donors (Lipinski definition) is 2. The number of rotatable bonds is 5. The number of likely N-dealkylation sites (tertiary alicyclic amines) is 1. The average Bonchev–Trinajstić information content (AvgIpc) is 3.40. The first-order chi connectivity index (χ1) is 19.0. The minimum atomic E-state index is -5.08. The van der Waals surface area contributed by atoms with Crippen LogP contribution in [0.25, 0.3) is 0 Å². The number of phenols is 1. The normalized spacial score (nSPS) is 19.1. The molecule has 0 saturated carbocycles. The quantitative estimate of drug-likeness (QED) is 0.473. The highest BCUT2D eigenvalue weighted by Gasteiger charge is 2.45. The Balaban J connectivity index is 0.000000470. The first kappa shape index (κ1) is 29.1. The molecule has 0 bridgehead atoms. The molecule has 2 aliphatic heterocycles. The van der Waals surface area contributed by atoms with E-state index in [1.54, 1.807) is 6.07 Å². The van der Waals surface area contributed by atoms with E-state index in [1.807, 2.05) is 60.4 Å². The van der Waals surface area contributed by atoms with Crippen LogP contribution in [0.2, 0.25) is 0 Å². The SMILES string of the molecule is Cc1cc(CN2CCC(N3CC(c4ccccc4)(c4ccccc4)OCC3=O)C2)ccc1O.O=C(O)C(F)(F)F. The first-order valence-electron chi connectivity index (χ1n) is 12.8. The summed E-state index contributed by atoms with van der Waals surface area (Å²) in [6.45, 7) is 5.11. The monoisotopic (exact) mass is 556 g/mol. The summed E-state index contributed by atoms with van der Waals surface area (Å²) in [6, 6.07) is 26.4. The molecule has 0 spiro atoms. The summed E-state index contributed by atoms with van der Waals surface area (Å²) >= 11 is 0. The highest BCUT2D eigenvalue weighted by atomic mass is 19.4. The van der Waals surface area contributed by atoms with Crippen LogP contribution in [0.4, 0.5) is 13.2 Å². The van der Waals surface area contributed by atoms with Gasteiger partial charge in [-0.3, -0.25) is 9.69 Å². The minimum Gasteiger partial charge on any atom is -0.508 e. The molecule has 7 nitrogen and oxygen atoms in total. The molecule has 2 N–H and O–H groups in total. The molecule has 1 unspecified atom stereocenters. The molecular weight excluding hydrogens is 525 g/mol. The Bertz CT molecular complexity index is 1280. The van der Waals surface area contributed by atoms with E-state index in [-0.39, 0.29) is 18.6 Å². The molecular formula is C30H31F3N2O5. The number of aliphatic carboxylic acids is 1. The Labute approximate surface area is 230 Å². The number of hydrogen-bond acceptors (Lipinski definition) is 5. The Morgan fingerprint density at radius 1 is 1.02 bits per heavy atom. The topological polar surface area (TPSA) is 90.3 Å². The first-order valence-corrected chi connectivity index (χ1v) is 12.8. The summed E-state index contributed by atoms with van der Waals surface area (Å²) in [5.74, 6) is -2.37. The summed E-state index contributed by atoms with van der Waals surface area (Å²) in [4.78, 5) is 26.4. The van der Waals surface area contributed by atoms with Crippen molar-refractivity contribution in [2.24, 2.45) is 0 Å². The molecule has 2 saturated heterocycles. The van der Waals surface area contributed by atoms with Crippen molar-refractivity contribution in [2.45, 2.75) is 37.7 Å². The number of aromatic hydroxyl groups is 1. The zero-order valence-electron chi connectivity index (χ0n) is 22.0. The van der Waals surface area contributed by atoms with E-state index < -0.39 is 17.7 Å². The molecule has 0 aromatic heterocycles. The third kappa shape index (κ3) is 6.63. The number of carbonyl (C=O) groups is 2. The van der Waals surface area contributed by atoms with Crippen LogP contribution >= 0.6 is 0 Å². The molecule has 212 valence electrons. The van der Waals surface area contributed by atoms with Gasteiger partial charge in [0, 0.05) is 25.7 Å². The predicted octanol–water partition coefficient (Wildman–Crippen LogP) is 4.71. The van der Waals surface area contributed by atoms with Crippen molar-refractivity contribution < 1.29 is 37.7 Å². The van der Waals surface area contributed by atoms with Crippen molar-refractivity contribution >= 4 is 11.9 Å². The van der Waals surface area contributed by atoms with Gasteiger partial charge in [-0.25, -0.2) is 4.79 Å². The maximum absolute atomic E-state index is 13.0. The summed E-state index contributed by atoms with van der Waals surface area (Å²) in [7, 11) is 0. The number of morpholine rings is 1. The van der Waals surface area contributed by atoms with E-state index >= 15 is 0 Å². The van der Waals surface area contributed by atoms with E-state index in [1.165, 1.54) is 5.56 Å². The Kier molecular flexibility index (Phi) is 8.80. The van der Waals surface area contributed by atoms with E-state index in [0.29, 0.717) is 12.3 Å². The van der Waals surface area contributed by atoms with E-state index in [9.17, 15) is 23.1 Å². The summed E-state index contributed by atoms with van der Waals surface area (Å²) in [5.41, 5.74) is 3.55. The number of halogens is 3. The lowest BCUT2D eigenvalue weighted by atomic mass is 9.84. The van der Waals surface area contributed by atoms with Crippen molar-refractivity contribution in [1.29, 1.82) is 0 Å². The third-order valence-electron chi connectivity index (χ3n) is 7.23. The van der Waals surface area contributed by atoms with Crippen molar-refractivity contribution in [3.05, 3.63) is 101 Å². The smallest absolute Gasteiger partial charge is 0.490 e. The van der Waals surface area contributed by atoms with Crippen molar-refractivity contribution in [3.63, 3.8) is 0 Å². The Morgan fingerprint density at radius 2 is 1.60 bits per heavy atom. The van der Waals surface area contributed by atoms with E-state index in [4.69, 9.17) is 14.6 Å². The van der Waals surface area contributed by atoms with Gasteiger partial charge in [-0.05, 0) is 41.7 Å². The van der Waals surface area contributed by atoms with Crippen LogP contribution < -0.4 is 0 Å². The third-order valence-corrected chi connectivity index (χ3v) is 7.23. The van der Waals surface area contributed by atoms with Gasteiger partial charge in [0.1, 0.15) is 18.0 Å². The summed E-state index contributed by atoms with van der Waals surface area (Å²) in [6.07, 6.45) is -4.14. The second-order valence-corrected chi connectivity index (χ2v) is 9.97. The van der Waals surface area contributed by atoms with Gasteiger partial charge in [-0.1, -0.05) is 72.8 Å². The summed E-state index contributed by atoms with van der Waals surface area (Å²) < 4.78 is 38.1. The van der Waals surface area contributed by atoms with Gasteiger partial charge < -0.3 is 19.8 Å². The van der Waals surface area contributed by atoms with Gasteiger partial charge in [0.05, 0.1) is 6.54 Å². The number of carboxylic acids is 1. The van der Waals surface area contributed by atoms with Crippen LogP contribution in [-0.2, 0) is 26.5 Å². The maximum Gasteiger partial charge on any atom is 0.490 e. The van der Waals surface area contributed by atoms with Gasteiger partial charge in [0.25, 0.3) is 0 Å². The number of aryl methyl sites for hydroxylation is 1. The zero-order valence-corrected chi connectivity index (χ0v) is 22.0. The van der Waals surface area contributed by atoms with Gasteiger partial charge >= 0.3 is 12.1 Å². The highest BCUT2D eigenvalue weighted by molar-refractivity contribution is 5.79. The number of amides is 1. The molecule has 0 aliphatic carbocycles. The summed E-state index contributed by atoms with van der Waals surface area (Å²) in [5, 5.41) is 16.9. The Hall–Kier alpha value is -3.89. The van der Waals surface area contributed by atoms with Crippen molar-refractivity contribution in [1.82, 2.24) is 9.80 Å². The fraction of sp³-hybridized carbons (Fsp3) is 0.333. The fourth-order valence-electron chi connectivity index (χ4n) is 5.19. The number of benzene rings is 3. The van der Waals surface area contributed by atoms with Crippen LogP contribution in [0.3, 0.4) is 0 Å². The molecule has 0 radical (unpaired) electrons. The molecule has 5 rings (SSSR count). The number of carbonyl (C=O) groups excluding carboxylic acids is 1. The number of ether oxygens (including phenoxy) is 1. The van der Waals surface area contributed by atoms with Crippen LogP contribution in [0.5, 0.6) is 5.75 Å². The number of alkyl halides is 3. The number of carboxylic acid groups (broad SMARTS) is 1. The molecule has 1 amide bonds. The van der Waals surface area contributed by atoms with Gasteiger partial charge in [-0.2, -0.15) is 13.2 Å². The molecule has 3 aromatic carbocycles. The molecule has 3 aromatic rings. The van der Waals surface area contributed by atoms with Crippen LogP contribution in [0.15, 0.2) is 78.9 Å². The molecule has 1 atom stereocenters. The fourth-order valence-corrected chi connectivity index (χ4v) is 5.19. The average molecular weight is 557 g/mol. The molecule has 10 heteroatoms. The lowest BCUT2D eigenvalue weighted by molar-refractivity contribution is -0.192. The molecule has 2 aliphatic rings.